The fourth-order valence-electron chi connectivity index (χ4n) is 0.662. The molecule has 0 bridgehead atoms. The summed E-state index contributed by atoms with van der Waals surface area (Å²) in [7, 11) is 0. The largest absolute Gasteiger partial charge is 0.755 e. The normalized spacial score (nSPS) is 11.6. The first kappa shape index (κ1) is 13.8. The van der Waals surface area contributed by atoms with Gasteiger partial charge in [0.1, 0.15) is 5.82 Å². The van der Waals surface area contributed by atoms with Crippen LogP contribution in [0.3, 0.4) is 0 Å². The van der Waals surface area contributed by atoms with Crippen LogP contribution in [0.25, 0.3) is 0 Å². The minimum absolute atomic E-state index is 0. The average Bonchev–Trinajstić information content (AvgIpc) is 1.94. The molecule has 1 N–H and O–H groups in total. The van der Waals surface area contributed by atoms with Crippen molar-refractivity contribution < 1.29 is 13.2 Å². The molecule has 3 nitrogen and oxygen atoms in total. The number of hydrogen-bond donors (Lipinski definition) is 1. The molecule has 0 aliphatic heterocycles. The number of nitrogens with one attached hydrogen (secondary N) is 1. The molecule has 0 spiro atoms. The second-order valence-corrected chi connectivity index (χ2v) is 3.88. The third-order valence-electron chi connectivity index (χ3n) is 1.12. The Morgan fingerprint density at radius 2 is 2.15 bits per heavy atom. The molecule has 13 heavy (non-hydrogen) atoms. The van der Waals surface area contributed by atoms with E-state index in [1.54, 1.807) is 6.07 Å². The van der Waals surface area contributed by atoms with Crippen LogP contribution in [0.4, 0.5) is 10.1 Å². The van der Waals surface area contributed by atoms with Gasteiger partial charge in [-0.3, -0.25) is 4.21 Å². The molecule has 1 unspecified atom stereocenters. The van der Waals surface area contributed by atoms with E-state index in [1.807, 2.05) is 27.3 Å². The van der Waals surface area contributed by atoms with Crippen LogP contribution >= 0.6 is 22.6 Å². The summed E-state index contributed by atoms with van der Waals surface area (Å²) in [5.74, 6) is -0.578. The van der Waals surface area contributed by atoms with Crippen LogP contribution in [0.5, 0.6) is 0 Å². The third-order valence-corrected chi connectivity index (χ3v) is 2.18. The molecule has 0 aliphatic rings. The van der Waals surface area contributed by atoms with Crippen LogP contribution in [0.1, 0.15) is 0 Å². The maximum Gasteiger partial charge on any atom is 0.148 e. The summed E-state index contributed by atoms with van der Waals surface area (Å²) in [6.45, 7) is 0. The van der Waals surface area contributed by atoms with Crippen molar-refractivity contribution in [3.05, 3.63) is 27.6 Å². The number of rotatable bonds is 2. The van der Waals surface area contributed by atoms with Crippen molar-refractivity contribution in [2.45, 2.75) is 0 Å². The van der Waals surface area contributed by atoms with Crippen molar-refractivity contribution in [3.63, 3.8) is 0 Å². The molecule has 0 aromatic heterocycles. The van der Waals surface area contributed by atoms with E-state index in [0.29, 0.717) is 3.57 Å². The average molecular weight is 323 g/mol. The maximum absolute atomic E-state index is 12.9. The minimum atomic E-state index is -2.48. The Bertz CT molecular complexity index is 326. The van der Waals surface area contributed by atoms with E-state index >= 15 is 0 Å². The molecule has 0 aliphatic carbocycles. The molecule has 7 heteroatoms. The van der Waals surface area contributed by atoms with E-state index in [9.17, 15) is 13.2 Å². The standard InChI is InChI=1S/C6H5FINO2S.Na/c7-5-3-4(8)1-2-6(5)9-12(10)11;/h1-3,9H,(H,10,11);/p-1. The van der Waals surface area contributed by atoms with Gasteiger partial charge in [0.25, 0.3) is 0 Å². The Hall–Kier alpha value is 0.790. The Labute approximate surface area is 113 Å². The number of anilines is 1. The van der Waals surface area contributed by atoms with Crippen LogP contribution in [0.2, 0.25) is 0 Å². The smallest absolute Gasteiger partial charge is 0.148 e. The Kier molecular flexibility index (Phi) is 6.69. The number of halogens is 2. The first-order chi connectivity index (χ1) is 5.59. The Balaban J connectivity index is 0.00000144. The van der Waals surface area contributed by atoms with Gasteiger partial charge in [-0.1, -0.05) is 0 Å². The van der Waals surface area contributed by atoms with Crippen molar-refractivity contribution in [2.24, 2.45) is 0 Å². The molecule has 0 saturated heterocycles. The summed E-state index contributed by atoms with van der Waals surface area (Å²) in [5.41, 5.74) is -0.0382. The van der Waals surface area contributed by atoms with Crippen molar-refractivity contribution >= 4 is 69.1 Å². The SMILES string of the molecule is O=S([O-])Nc1ccc(I)cc1F.[Na]. The van der Waals surface area contributed by atoms with Crippen molar-refractivity contribution in [2.75, 3.05) is 4.72 Å². The van der Waals surface area contributed by atoms with Crippen molar-refractivity contribution in [1.29, 1.82) is 0 Å². The zero-order chi connectivity index (χ0) is 9.14. The van der Waals surface area contributed by atoms with Gasteiger partial charge in [0, 0.05) is 44.4 Å². The summed E-state index contributed by atoms with van der Waals surface area (Å²) in [6.07, 6.45) is 0. The van der Waals surface area contributed by atoms with Crippen LogP contribution in [0, 0.1) is 9.39 Å². The summed E-state index contributed by atoms with van der Waals surface area (Å²) in [5, 5.41) is 0. The van der Waals surface area contributed by atoms with E-state index in [2.05, 4.69) is 0 Å². The van der Waals surface area contributed by atoms with Crippen molar-refractivity contribution in [3.8, 4) is 0 Å². The molecule has 1 radical (unpaired) electrons. The molecule has 1 atom stereocenters. The van der Waals surface area contributed by atoms with Crippen molar-refractivity contribution in [1.82, 2.24) is 0 Å². The number of hydrogen-bond acceptors (Lipinski definition) is 2. The maximum atomic E-state index is 12.9. The summed E-state index contributed by atoms with van der Waals surface area (Å²) in [6, 6.07) is 4.22. The second kappa shape index (κ2) is 6.31. The predicted molar refractivity (Wildman–Crippen MR) is 57.4 cm³/mol. The van der Waals surface area contributed by atoms with Gasteiger partial charge < -0.3 is 9.27 Å². The first-order valence-electron chi connectivity index (χ1n) is 2.90. The van der Waals surface area contributed by atoms with E-state index < -0.39 is 17.1 Å². The predicted octanol–water partition coefficient (Wildman–Crippen LogP) is 1.26. The molecule has 0 amide bonds. The van der Waals surface area contributed by atoms with Gasteiger partial charge in [-0.05, 0) is 40.8 Å². The molecular formula is C6H4FINNaO2S-. The topological polar surface area (TPSA) is 52.2 Å². The van der Waals surface area contributed by atoms with Crippen LogP contribution < -0.4 is 4.72 Å². The van der Waals surface area contributed by atoms with E-state index in [-0.39, 0.29) is 35.2 Å². The fourth-order valence-corrected chi connectivity index (χ4v) is 1.46. The Morgan fingerprint density at radius 1 is 1.54 bits per heavy atom. The number of benzene rings is 1. The summed E-state index contributed by atoms with van der Waals surface area (Å²) >= 11 is -0.542. The van der Waals surface area contributed by atoms with Gasteiger partial charge >= 0.3 is 0 Å². The molecular weight excluding hydrogens is 319 g/mol. The second-order valence-electron chi connectivity index (χ2n) is 1.96. The van der Waals surface area contributed by atoms with Gasteiger partial charge in [0.15, 0.2) is 0 Å². The van der Waals surface area contributed by atoms with Crippen LogP contribution in [-0.4, -0.2) is 38.3 Å². The molecule has 0 fully saturated rings. The molecule has 0 saturated carbocycles. The summed E-state index contributed by atoms with van der Waals surface area (Å²) in [4.78, 5) is 0. The minimum Gasteiger partial charge on any atom is -0.755 e. The third kappa shape index (κ3) is 4.71. The quantitative estimate of drug-likeness (QED) is 0.506. The molecule has 0 heterocycles. The fraction of sp³-hybridized carbons (Fsp3) is 0. The van der Waals surface area contributed by atoms with Gasteiger partial charge in [0.05, 0.1) is 5.69 Å². The van der Waals surface area contributed by atoms with Gasteiger partial charge in [-0.15, -0.1) is 0 Å². The zero-order valence-corrected chi connectivity index (χ0v) is 11.7. The van der Waals surface area contributed by atoms with E-state index in [0.717, 1.165) is 0 Å². The van der Waals surface area contributed by atoms with Gasteiger partial charge in [-0.2, -0.15) is 0 Å². The first-order valence-corrected chi connectivity index (χ1v) is 5.06. The van der Waals surface area contributed by atoms with Gasteiger partial charge in [0.2, 0.25) is 0 Å². The molecule has 1 rings (SSSR count). The molecule has 1 aromatic carbocycles. The zero-order valence-electron chi connectivity index (χ0n) is 6.71. The summed E-state index contributed by atoms with van der Waals surface area (Å²) < 4.78 is 35.8. The van der Waals surface area contributed by atoms with E-state index in [4.69, 9.17) is 0 Å². The van der Waals surface area contributed by atoms with E-state index in [1.165, 1.54) is 12.1 Å². The molecule has 1 aromatic rings. The van der Waals surface area contributed by atoms with Gasteiger partial charge in [-0.25, -0.2) is 4.39 Å². The Morgan fingerprint density at radius 3 is 2.62 bits per heavy atom. The van der Waals surface area contributed by atoms with Crippen LogP contribution in [-0.2, 0) is 11.3 Å². The van der Waals surface area contributed by atoms with Crippen LogP contribution in [0.15, 0.2) is 18.2 Å². The monoisotopic (exact) mass is 323 g/mol. The molecule has 67 valence electrons.